The number of hydrogen-bond acceptors (Lipinski definition) is 3. The summed E-state index contributed by atoms with van der Waals surface area (Å²) < 4.78 is 23.8. The van der Waals surface area contributed by atoms with E-state index in [4.69, 9.17) is 9.47 Å². The molecule has 3 nitrogen and oxygen atoms in total. The molecule has 0 bridgehead atoms. The normalized spacial score (nSPS) is 21.1. The molecule has 1 aromatic rings. The Bertz CT molecular complexity index is 329. The van der Waals surface area contributed by atoms with Crippen LogP contribution < -0.4 is 4.74 Å². The highest BCUT2D eigenvalue weighted by Gasteiger charge is 2.17. The van der Waals surface area contributed by atoms with Crippen molar-refractivity contribution >= 4 is 15.9 Å². The topological polar surface area (TPSA) is 31.4 Å². The summed E-state index contributed by atoms with van der Waals surface area (Å²) in [5.41, 5.74) is 0. The maximum absolute atomic E-state index is 12.8. The van der Waals surface area contributed by atoms with Crippen molar-refractivity contribution in [1.29, 1.82) is 0 Å². The third-order valence-electron chi connectivity index (χ3n) is 1.96. The molecule has 1 aliphatic rings. The van der Waals surface area contributed by atoms with E-state index in [1.807, 2.05) is 0 Å². The molecule has 0 radical (unpaired) electrons. The smallest absolute Gasteiger partial charge is 0.227 e. The molecular weight excluding hydrogens is 253 g/mol. The van der Waals surface area contributed by atoms with Gasteiger partial charge in [0.25, 0.3) is 0 Å². The van der Waals surface area contributed by atoms with Gasteiger partial charge in [0.15, 0.2) is 0 Å². The van der Waals surface area contributed by atoms with Crippen molar-refractivity contribution in [3.63, 3.8) is 0 Å². The van der Waals surface area contributed by atoms with Gasteiger partial charge in [0, 0.05) is 12.5 Å². The van der Waals surface area contributed by atoms with Crippen LogP contribution in [0, 0.1) is 5.95 Å². The Morgan fingerprint density at radius 3 is 3.14 bits per heavy atom. The minimum Gasteiger partial charge on any atom is -0.486 e. The van der Waals surface area contributed by atoms with E-state index in [0.29, 0.717) is 16.8 Å². The van der Waals surface area contributed by atoms with Crippen LogP contribution >= 0.6 is 15.9 Å². The lowest BCUT2D eigenvalue weighted by Gasteiger charge is -2.11. The summed E-state index contributed by atoms with van der Waals surface area (Å²) in [4.78, 5) is 3.54. The highest BCUT2D eigenvalue weighted by molar-refractivity contribution is 9.10. The number of aromatic nitrogens is 1. The highest BCUT2D eigenvalue weighted by Crippen LogP contribution is 2.21. The first-order chi connectivity index (χ1) is 6.75. The zero-order valence-corrected chi connectivity index (χ0v) is 8.96. The number of nitrogens with zero attached hydrogens (tertiary/aromatic N) is 1. The van der Waals surface area contributed by atoms with E-state index in [-0.39, 0.29) is 6.10 Å². The Labute approximate surface area is 89.4 Å². The molecule has 76 valence electrons. The molecular formula is C9H9BrFNO2. The molecule has 0 aliphatic carbocycles. The van der Waals surface area contributed by atoms with Gasteiger partial charge in [-0.3, -0.25) is 0 Å². The molecule has 1 fully saturated rings. The van der Waals surface area contributed by atoms with Crippen LogP contribution in [0.15, 0.2) is 16.7 Å². The number of halogens is 2. The summed E-state index contributed by atoms with van der Waals surface area (Å²) in [6.07, 6.45) is 2.31. The van der Waals surface area contributed by atoms with Crippen molar-refractivity contribution in [3.05, 3.63) is 22.7 Å². The maximum Gasteiger partial charge on any atom is 0.227 e. The Kier molecular flexibility index (Phi) is 2.98. The van der Waals surface area contributed by atoms with Gasteiger partial charge in [-0.2, -0.15) is 4.39 Å². The second-order valence-electron chi connectivity index (χ2n) is 3.05. The summed E-state index contributed by atoms with van der Waals surface area (Å²) >= 11 is 3.05. The molecule has 0 aromatic carbocycles. The molecule has 2 heterocycles. The molecule has 2 rings (SSSR count). The fourth-order valence-corrected chi connectivity index (χ4v) is 1.59. The number of pyridine rings is 1. The number of rotatable bonds is 2. The van der Waals surface area contributed by atoms with Crippen molar-refractivity contribution in [2.24, 2.45) is 0 Å². The van der Waals surface area contributed by atoms with Crippen molar-refractivity contribution in [2.75, 3.05) is 13.2 Å². The fourth-order valence-electron chi connectivity index (χ4n) is 1.27. The lowest BCUT2D eigenvalue weighted by molar-refractivity contribution is 0.141. The van der Waals surface area contributed by atoms with Crippen molar-refractivity contribution < 1.29 is 13.9 Å². The van der Waals surface area contributed by atoms with E-state index in [9.17, 15) is 4.39 Å². The molecule has 1 atom stereocenters. The SMILES string of the molecule is Fc1ncc(O[C@@H]2CCOC2)cc1Br. The van der Waals surface area contributed by atoms with E-state index in [1.165, 1.54) is 6.20 Å². The Balaban J connectivity index is 2.05. The van der Waals surface area contributed by atoms with Crippen LogP contribution in [-0.4, -0.2) is 24.3 Å². The largest absolute Gasteiger partial charge is 0.486 e. The quantitative estimate of drug-likeness (QED) is 0.765. The number of hydrogen-bond donors (Lipinski definition) is 0. The first-order valence-electron chi connectivity index (χ1n) is 4.31. The second kappa shape index (κ2) is 4.23. The van der Waals surface area contributed by atoms with Gasteiger partial charge < -0.3 is 9.47 Å². The third kappa shape index (κ3) is 2.22. The minimum atomic E-state index is -0.528. The van der Waals surface area contributed by atoms with E-state index >= 15 is 0 Å². The zero-order chi connectivity index (χ0) is 9.97. The molecule has 0 amide bonds. The van der Waals surface area contributed by atoms with E-state index in [0.717, 1.165) is 13.0 Å². The monoisotopic (exact) mass is 261 g/mol. The average Bonchev–Trinajstić information content (AvgIpc) is 2.64. The fraction of sp³-hybridized carbons (Fsp3) is 0.444. The molecule has 1 aliphatic heterocycles. The lowest BCUT2D eigenvalue weighted by atomic mass is 10.3. The summed E-state index contributed by atoms with van der Waals surface area (Å²) in [6.45, 7) is 1.31. The lowest BCUT2D eigenvalue weighted by Crippen LogP contribution is -2.15. The minimum absolute atomic E-state index is 0.0640. The van der Waals surface area contributed by atoms with Gasteiger partial charge in [-0.15, -0.1) is 0 Å². The van der Waals surface area contributed by atoms with Crippen LogP contribution in [0.1, 0.15) is 6.42 Å². The standard InChI is InChI=1S/C9H9BrFNO2/c10-8-3-7(4-12-9(8)11)14-6-1-2-13-5-6/h3-4,6H,1-2,5H2/t6-/m1/s1. The second-order valence-corrected chi connectivity index (χ2v) is 3.90. The summed E-state index contributed by atoms with van der Waals surface area (Å²) in [7, 11) is 0. The molecule has 1 saturated heterocycles. The zero-order valence-electron chi connectivity index (χ0n) is 7.37. The average molecular weight is 262 g/mol. The molecule has 14 heavy (non-hydrogen) atoms. The van der Waals surface area contributed by atoms with Crippen LogP contribution in [0.5, 0.6) is 5.75 Å². The first-order valence-corrected chi connectivity index (χ1v) is 5.10. The van der Waals surface area contributed by atoms with Gasteiger partial charge in [0.2, 0.25) is 5.95 Å². The molecule has 0 N–H and O–H groups in total. The van der Waals surface area contributed by atoms with Gasteiger partial charge in [0.05, 0.1) is 23.9 Å². The Morgan fingerprint density at radius 1 is 1.64 bits per heavy atom. The van der Waals surface area contributed by atoms with Gasteiger partial charge in [-0.1, -0.05) is 0 Å². The molecule has 5 heteroatoms. The molecule has 0 unspecified atom stereocenters. The van der Waals surface area contributed by atoms with Crippen molar-refractivity contribution in [3.8, 4) is 5.75 Å². The molecule has 0 saturated carbocycles. The van der Waals surface area contributed by atoms with Crippen LogP contribution in [0.4, 0.5) is 4.39 Å². The van der Waals surface area contributed by atoms with E-state index in [1.54, 1.807) is 6.07 Å². The maximum atomic E-state index is 12.8. The third-order valence-corrected chi connectivity index (χ3v) is 2.52. The van der Waals surface area contributed by atoms with Gasteiger partial charge in [0.1, 0.15) is 11.9 Å². The van der Waals surface area contributed by atoms with Crippen molar-refractivity contribution in [1.82, 2.24) is 4.98 Å². The Hall–Kier alpha value is -0.680. The summed E-state index contributed by atoms with van der Waals surface area (Å²) in [5.74, 6) is 0.0359. The van der Waals surface area contributed by atoms with Crippen LogP contribution in [-0.2, 0) is 4.74 Å². The molecule has 1 aromatic heterocycles. The van der Waals surface area contributed by atoms with E-state index in [2.05, 4.69) is 20.9 Å². The number of ether oxygens (including phenoxy) is 2. The predicted molar refractivity (Wildman–Crippen MR) is 51.7 cm³/mol. The van der Waals surface area contributed by atoms with Crippen LogP contribution in [0.2, 0.25) is 0 Å². The first kappa shape index (κ1) is 9.86. The Morgan fingerprint density at radius 2 is 2.50 bits per heavy atom. The predicted octanol–water partition coefficient (Wildman–Crippen LogP) is 2.15. The van der Waals surface area contributed by atoms with Crippen molar-refractivity contribution in [2.45, 2.75) is 12.5 Å². The summed E-state index contributed by atoms with van der Waals surface area (Å²) in [5, 5.41) is 0. The van der Waals surface area contributed by atoms with E-state index < -0.39 is 5.95 Å². The van der Waals surface area contributed by atoms with Crippen LogP contribution in [0.3, 0.4) is 0 Å². The van der Waals surface area contributed by atoms with Gasteiger partial charge in [-0.25, -0.2) is 4.98 Å². The van der Waals surface area contributed by atoms with Crippen LogP contribution in [0.25, 0.3) is 0 Å². The molecule has 0 spiro atoms. The highest BCUT2D eigenvalue weighted by atomic mass is 79.9. The van der Waals surface area contributed by atoms with Gasteiger partial charge >= 0.3 is 0 Å². The summed E-state index contributed by atoms with van der Waals surface area (Å²) in [6, 6.07) is 1.57. The van der Waals surface area contributed by atoms with Gasteiger partial charge in [-0.05, 0) is 15.9 Å².